The van der Waals surface area contributed by atoms with E-state index in [0.29, 0.717) is 19.7 Å². The van der Waals surface area contributed by atoms with Gasteiger partial charge in [0, 0.05) is 65.9 Å². The molecule has 0 aliphatic carbocycles. The number of para-hydroxylation sites is 1. The maximum Gasteiger partial charge on any atom is 0.260 e. The molecular weight excluding hydrogens is 458 g/mol. The summed E-state index contributed by atoms with van der Waals surface area (Å²) >= 11 is 3.61. The van der Waals surface area contributed by atoms with E-state index in [1.54, 1.807) is 7.11 Å². The van der Waals surface area contributed by atoms with Gasteiger partial charge in [-0.25, -0.2) is 0 Å². The fourth-order valence-corrected chi connectivity index (χ4v) is 4.82. The third-order valence-electron chi connectivity index (χ3n) is 5.97. The zero-order valence-corrected chi connectivity index (χ0v) is 18.9. The summed E-state index contributed by atoms with van der Waals surface area (Å²) < 4.78 is 14.3. The average molecular weight is 482 g/mol. The normalized spacial score (nSPS) is 13.7. The second-order valence-electron chi connectivity index (χ2n) is 7.79. The molecule has 31 heavy (non-hydrogen) atoms. The molecule has 5 rings (SSSR count). The van der Waals surface area contributed by atoms with E-state index in [0.717, 1.165) is 39.6 Å². The van der Waals surface area contributed by atoms with Crippen LogP contribution in [0.4, 0.5) is 0 Å². The maximum absolute atomic E-state index is 12.9. The smallest absolute Gasteiger partial charge is 0.260 e. The molecular formula is C24H24BrN3O3. The molecule has 0 saturated carbocycles. The fraction of sp³-hybridized carbons (Fsp3) is 0.292. The van der Waals surface area contributed by atoms with Crippen molar-refractivity contribution in [2.24, 2.45) is 0 Å². The number of ether oxygens (including phenoxy) is 2. The van der Waals surface area contributed by atoms with Crippen LogP contribution in [0.3, 0.4) is 0 Å². The van der Waals surface area contributed by atoms with Gasteiger partial charge in [-0.1, -0.05) is 18.2 Å². The molecule has 0 spiro atoms. The molecule has 7 heteroatoms. The molecule has 0 unspecified atom stereocenters. The Labute approximate surface area is 188 Å². The molecule has 0 atom stereocenters. The van der Waals surface area contributed by atoms with Gasteiger partial charge in [-0.05, 0) is 40.2 Å². The van der Waals surface area contributed by atoms with Crippen molar-refractivity contribution >= 4 is 43.6 Å². The molecule has 0 saturated heterocycles. The summed E-state index contributed by atoms with van der Waals surface area (Å²) in [5.74, 6) is 0.738. The Balaban J connectivity index is 1.30. The van der Waals surface area contributed by atoms with Crippen molar-refractivity contribution in [2.75, 3.05) is 26.9 Å². The van der Waals surface area contributed by atoms with Crippen LogP contribution in [0.15, 0.2) is 53.1 Å². The summed E-state index contributed by atoms with van der Waals surface area (Å²) in [6, 6.07) is 14.1. The van der Waals surface area contributed by atoms with Gasteiger partial charge in [-0.2, -0.15) is 0 Å². The highest BCUT2D eigenvalue weighted by molar-refractivity contribution is 9.10. The van der Waals surface area contributed by atoms with Crippen LogP contribution in [0.2, 0.25) is 0 Å². The van der Waals surface area contributed by atoms with Crippen LogP contribution in [-0.2, 0) is 29.0 Å². The second-order valence-corrected chi connectivity index (χ2v) is 8.64. The zero-order valence-electron chi connectivity index (χ0n) is 17.4. The lowest BCUT2D eigenvalue weighted by atomic mass is 10.0. The van der Waals surface area contributed by atoms with E-state index in [1.165, 1.54) is 16.6 Å². The average Bonchev–Trinajstić information content (AvgIpc) is 3.38. The Kier molecular flexibility index (Phi) is 5.46. The van der Waals surface area contributed by atoms with Gasteiger partial charge in [0.2, 0.25) is 0 Å². The first-order chi connectivity index (χ1) is 15.2. The Morgan fingerprint density at radius 1 is 1.16 bits per heavy atom. The predicted molar refractivity (Wildman–Crippen MR) is 124 cm³/mol. The van der Waals surface area contributed by atoms with Crippen LogP contribution in [0.5, 0.6) is 5.75 Å². The third-order valence-corrected chi connectivity index (χ3v) is 6.63. The summed E-state index contributed by atoms with van der Waals surface area (Å²) in [4.78, 5) is 18.3. The number of amides is 1. The number of halogens is 1. The van der Waals surface area contributed by atoms with E-state index >= 15 is 0 Å². The number of carbonyl (C=O) groups excluding carboxylic acids is 1. The highest BCUT2D eigenvalue weighted by atomic mass is 79.9. The summed E-state index contributed by atoms with van der Waals surface area (Å²) in [5.41, 5.74) is 4.60. The van der Waals surface area contributed by atoms with Crippen molar-refractivity contribution in [3.05, 3.63) is 64.4 Å². The standard InChI is InChI=1S/C24H24BrN3O3/c1-30-13-12-27-10-8-17-21(27)6-3-7-22(17)31-15-23(29)28-11-9-20-18(14-28)16-4-2-5-19(25)24(16)26-20/h2-8,10,26H,9,11-15H2,1H3. The number of fused-ring (bicyclic) bond motifs is 4. The van der Waals surface area contributed by atoms with E-state index in [1.807, 2.05) is 41.4 Å². The minimum Gasteiger partial charge on any atom is -0.483 e. The lowest BCUT2D eigenvalue weighted by molar-refractivity contribution is -0.134. The number of nitrogens with zero attached hydrogens (tertiary/aromatic N) is 2. The van der Waals surface area contributed by atoms with Gasteiger partial charge in [0.1, 0.15) is 5.75 Å². The number of H-pyrrole nitrogens is 1. The molecule has 1 amide bonds. The predicted octanol–water partition coefficient (Wildman–Crippen LogP) is 4.50. The van der Waals surface area contributed by atoms with Crippen LogP contribution in [-0.4, -0.2) is 47.2 Å². The van der Waals surface area contributed by atoms with E-state index < -0.39 is 0 Å². The zero-order chi connectivity index (χ0) is 21.4. The number of carbonyl (C=O) groups is 1. The first kappa shape index (κ1) is 20.2. The first-order valence-electron chi connectivity index (χ1n) is 10.4. The van der Waals surface area contributed by atoms with E-state index in [4.69, 9.17) is 9.47 Å². The monoisotopic (exact) mass is 481 g/mol. The molecule has 160 valence electrons. The van der Waals surface area contributed by atoms with Crippen molar-refractivity contribution in [1.29, 1.82) is 0 Å². The Hall–Kier alpha value is -2.77. The number of rotatable bonds is 6. The van der Waals surface area contributed by atoms with Gasteiger partial charge < -0.3 is 23.9 Å². The van der Waals surface area contributed by atoms with Crippen LogP contribution in [0.25, 0.3) is 21.8 Å². The quantitative estimate of drug-likeness (QED) is 0.441. The number of hydrogen-bond donors (Lipinski definition) is 1. The molecule has 1 N–H and O–H groups in total. The summed E-state index contributed by atoms with van der Waals surface area (Å²) in [7, 11) is 1.70. The van der Waals surface area contributed by atoms with Gasteiger partial charge in [0.25, 0.3) is 5.91 Å². The fourth-order valence-electron chi connectivity index (χ4n) is 4.35. The SMILES string of the molecule is COCCn1ccc2c(OCC(=O)N3CCc4[nH]c5c(Br)cccc5c4C3)cccc21. The highest BCUT2D eigenvalue weighted by Crippen LogP contribution is 2.32. The molecule has 2 aromatic carbocycles. The van der Waals surface area contributed by atoms with Gasteiger partial charge in [-0.15, -0.1) is 0 Å². The van der Waals surface area contributed by atoms with Gasteiger partial charge in [0.05, 0.1) is 17.6 Å². The molecule has 6 nitrogen and oxygen atoms in total. The van der Waals surface area contributed by atoms with Gasteiger partial charge >= 0.3 is 0 Å². The molecule has 3 heterocycles. The van der Waals surface area contributed by atoms with Crippen LogP contribution >= 0.6 is 15.9 Å². The van der Waals surface area contributed by atoms with Crippen LogP contribution in [0.1, 0.15) is 11.3 Å². The van der Waals surface area contributed by atoms with Crippen molar-refractivity contribution < 1.29 is 14.3 Å². The Bertz CT molecular complexity index is 1260. The number of hydrogen-bond acceptors (Lipinski definition) is 3. The molecule has 0 bridgehead atoms. The highest BCUT2D eigenvalue weighted by Gasteiger charge is 2.25. The number of benzene rings is 2. The third kappa shape index (κ3) is 3.72. The van der Waals surface area contributed by atoms with Gasteiger partial charge in [0.15, 0.2) is 6.61 Å². The second kappa shape index (κ2) is 8.40. The number of aromatic nitrogens is 2. The van der Waals surface area contributed by atoms with Gasteiger partial charge in [-0.3, -0.25) is 4.79 Å². The molecule has 1 aliphatic rings. The topological polar surface area (TPSA) is 59.5 Å². The van der Waals surface area contributed by atoms with Crippen molar-refractivity contribution in [2.45, 2.75) is 19.5 Å². The lowest BCUT2D eigenvalue weighted by Gasteiger charge is -2.27. The Morgan fingerprint density at radius 3 is 2.90 bits per heavy atom. The van der Waals surface area contributed by atoms with Crippen LogP contribution in [0, 0.1) is 0 Å². The lowest BCUT2D eigenvalue weighted by Crippen LogP contribution is -2.38. The minimum atomic E-state index is 0.00538. The minimum absolute atomic E-state index is 0.00538. The summed E-state index contributed by atoms with van der Waals surface area (Å²) in [5, 5.41) is 2.18. The van der Waals surface area contributed by atoms with E-state index in [-0.39, 0.29) is 12.5 Å². The Morgan fingerprint density at radius 2 is 2.03 bits per heavy atom. The van der Waals surface area contributed by atoms with E-state index in [9.17, 15) is 4.79 Å². The first-order valence-corrected chi connectivity index (χ1v) is 11.2. The number of methoxy groups -OCH3 is 1. The molecule has 0 radical (unpaired) electrons. The number of nitrogens with one attached hydrogen (secondary N) is 1. The molecule has 0 fully saturated rings. The summed E-state index contributed by atoms with van der Waals surface area (Å²) in [6.07, 6.45) is 2.85. The molecule has 1 aliphatic heterocycles. The molecule has 2 aromatic heterocycles. The number of aromatic amines is 1. The summed E-state index contributed by atoms with van der Waals surface area (Å²) in [6.45, 7) is 2.75. The maximum atomic E-state index is 12.9. The van der Waals surface area contributed by atoms with Crippen molar-refractivity contribution in [3.8, 4) is 5.75 Å². The van der Waals surface area contributed by atoms with Crippen LogP contribution < -0.4 is 4.74 Å². The van der Waals surface area contributed by atoms with E-state index in [2.05, 4.69) is 37.6 Å². The molecule has 4 aromatic rings. The van der Waals surface area contributed by atoms with Crippen molar-refractivity contribution in [1.82, 2.24) is 14.5 Å². The van der Waals surface area contributed by atoms with Crippen molar-refractivity contribution in [3.63, 3.8) is 0 Å². The largest absolute Gasteiger partial charge is 0.483 e.